The lowest BCUT2D eigenvalue weighted by Gasteiger charge is -2.34. The molecule has 1 aliphatic rings. The molecule has 3 heteroatoms. The van der Waals surface area contributed by atoms with Crippen molar-refractivity contribution in [2.45, 2.75) is 45.6 Å². The maximum Gasteiger partial charge on any atom is 0.0469 e. The van der Waals surface area contributed by atoms with Gasteiger partial charge in [0.1, 0.15) is 0 Å². The Morgan fingerprint density at radius 3 is 2.38 bits per heavy atom. The summed E-state index contributed by atoms with van der Waals surface area (Å²) in [7, 11) is 0. The molecule has 0 aliphatic carbocycles. The van der Waals surface area contributed by atoms with E-state index in [2.05, 4.69) is 18.7 Å². The molecule has 1 fully saturated rings. The SMILES string of the molecule is CCC(CC)N(CCN)CC1CCOCC1. The molecule has 96 valence electrons. The first kappa shape index (κ1) is 13.9. The van der Waals surface area contributed by atoms with E-state index < -0.39 is 0 Å². The second-order valence-electron chi connectivity index (χ2n) is 4.81. The molecule has 0 atom stereocenters. The van der Waals surface area contributed by atoms with Gasteiger partial charge in [-0.25, -0.2) is 0 Å². The van der Waals surface area contributed by atoms with Crippen LogP contribution in [0.1, 0.15) is 39.5 Å². The highest BCUT2D eigenvalue weighted by atomic mass is 16.5. The number of nitrogens with two attached hydrogens (primary N) is 1. The molecule has 0 spiro atoms. The van der Waals surface area contributed by atoms with Crippen molar-refractivity contribution < 1.29 is 4.74 Å². The van der Waals surface area contributed by atoms with Crippen LogP contribution in [0.3, 0.4) is 0 Å². The molecule has 0 bridgehead atoms. The Morgan fingerprint density at radius 1 is 1.25 bits per heavy atom. The Labute approximate surface area is 100 Å². The molecule has 0 aromatic rings. The van der Waals surface area contributed by atoms with Crippen LogP contribution >= 0.6 is 0 Å². The molecule has 0 radical (unpaired) electrons. The van der Waals surface area contributed by atoms with Gasteiger partial charge >= 0.3 is 0 Å². The quantitative estimate of drug-likeness (QED) is 0.723. The molecule has 1 aliphatic heterocycles. The van der Waals surface area contributed by atoms with E-state index in [1.165, 1.54) is 32.2 Å². The minimum Gasteiger partial charge on any atom is -0.381 e. The average molecular weight is 228 g/mol. The first-order valence-corrected chi connectivity index (χ1v) is 6.83. The standard InChI is InChI=1S/C13H28N2O/c1-3-13(4-2)15(8-7-14)11-12-5-9-16-10-6-12/h12-13H,3-11,14H2,1-2H3. The van der Waals surface area contributed by atoms with Gasteiger partial charge in [-0.3, -0.25) is 4.90 Å². The van der Waals surface area contributed by atoms with E-state index in [4.69, 9.17) is 10.5 Å². The van der Waals surface area contributed by atoms with Crippen LogP contribution < -0.4 is 5.73 Å². The van der Waals surface area contributed by atoms with Crippen LogP contribution in [-0.4, -0.2) is 43.8 Å². The third-order valence-corrected chi connectivity index (χ3v) is 3.71. The van der Waals surface area contributed by atoms with Crippen molar-refractivity contribution in [3.05, 3.63) is 0 Å². The smallest absolute Gasteiger partial charge is 0.0469 e. The zero-order valence-electron chi connectivity index (χ0n) is 11.0. The van der Waals surface area contributed by atoms with Crippen LogP contribution in [0.2, 0.25) is 0 Å². The predicted molar refractivity (Wildman–Crippen MR) is 68.5 cm³/mol. The molecule has 3 nitrogen and oxygen atoms in total. The highest BCUT2D eigenvalue weighted by molar-refractivity contribution is 4.74. The van der Waals surface area contributed by atoms with Crippen molar-refractivity contribution in [1.29, 1.82) is 0 Å². The van der Waals surface area contributed by atoms with Gasteiger partial charge in [0.05, 0.1) is 0 Å². The molecule has 0 saturated carbocycles. The second kappa shape index (κ2) is 8.04. The van der Waals surface area contributed by atoms with Gasteiger partial charge in [-0.2, -0.15) is 0 Å². The van der Waals surface area contributed by atoms with Crippen molar-refractivity contribution >= 4 is 0 Å². The van der Waals surface area contributed by atoms with Gasteiger partial charge < -0.3 is 10.5 Å². The number of ether oxygens (including phenoxy) is 1. The van der Waals surface area contributed by atoms with E-state index >= 15 is 0 Å². The Kier molecular flexibility index (Phi) is 7.01. The van der Waals surface area contributed by atoms with E-state index in [9.17, 15) is 0 Å². The van der Waals surface area contributed by atoms with Gasteiger partial charge in [-0.05, 0) is 31.6 Å². The van der Waals surface area contributed by atoms with Crippen LogP contribution in [0.4, 0.5) is 0 Å². The summed E-state index contributed by atoms with van der Waals surface area (Å²) in [5, 5.41) is 0. The molecule has 1 rings (SSSR count). The van der Waals surface area contributed by atoms with Gasteiger partial charge in [-0.1, -0.05) is 13.8 Å². The third-order valence-electron chi connectivity index (χ3n) is 3.71. The number of hydrogen-bond donors (Lipinski definition) is 1. The highest BCUT2D eigenvalue weighted by Gasteiger charge is 2.21. The average Bonchev–Trinajstić information content (AvgIpc) is 2.32. The lowest BCUT2D eigenvalue weighted by atomic mass is 9.98. The zero-order chi connectivity index (χ0) is 11.8. The largest absolute Gasteiger partial charge is 0.381 e. The Morgan fingerprint density at radius 2 is 1.88 bits per heavy atom. The Bertz CT molecular complexity index is 165. The molecule has 2 N–H and O–H groups in total. The molecular weight excluding hydrogens is 200 g/mol. The molecule has 0 amide bonds. The molecule has 1 saturated heterocycles. The number of nitrogens with zero attached hydrogens (tertiary/aromatic N) is 1. The van der Waals surface area contributed by atoms with E-state index in [0.717, 1.165) is 32.2 Å². The van der Waals surface area contributed by atoms with Crippen LogP contribution in [-0.2, 0) is 4.74 Å². The van der Waals surface area contributed by atoms with Crippen molar-refractivity contribution in [2.24, 2.45) is 11.7 Å². The summed E-state index contributed by atoms with van der Waals surface area (Å²) in [5.74, 6) is 0.820. The maximum absolute atomic E-state index is 5.72. The first-order chi connectivity index (χ1) is 7.81. The lowest BCUT2D eigenvalue weighted by molar-refractivity contribution is 0.0449. The van der Waals surface area contributed by atoms with Crippen LogP contribution in [0.25, 0.3) is 0 Å². The van der Waals surface area contributed by atoms with Gasteiger partial charge in [0.2, 0.25) is 0 Å². The summed E-state index contributed by atoms with van der Waals surface area (Å²) in [4.78, 5) is 2.59. The molecular formula is C13H28N2O. The summed E-state index contributed by atoms with van der Waals surface area (Å²) in [6, 6.07) is 0.714. The topological polar surface area (TPSA) is 38.5 Å². The van der Waals surface area contributed by atoms with Gasteiger partial charge in [0.25, 0.3) is 0 Å². The lowest BCUT2D eigenvalue weighted by Crippen LogP contribution is -2.42. The fourth-order valence-electron chi connectivity index (χ4n) is 2.65. The van der Waals surface area contributed by atoms with E-state index in [1.807, 2.05) is 0 Å². The van der Waals surface area contributed by atoms with Crippen molar-refractivity contribution in [1.82, 2.24) is 4.90 Å². The fourth-order valence-corrected chi connectivity index (χ4v) is 2.65. The monoisotopic (exact) mass is 228 g/mol. The molecule has 0 unspecified atom stereocenters. The summed E-state index contributed by atoms with van der Waals surface area (Å²) >= 11 is 0. The van der Waals surface area contributed by atoms with E-state index in [-0.39, 0.29) is 0 Å². The summed E-state index contributed by atoms with van der Waals surface area (Å²) in [6.07, 6.45) is 4.92. The third kappa shape index (κ3) is 4.40. The summed E-state index contributed by atoms with van der Waals surface area (Å²) < 4.78 is 5.41. The van der Waals surface area contributed by atoms with E-state index in [1.54, 1.807) is 0 Å². The molecule has 16 heavy (non-hydrogen) atoms. The van der Waals surface area contributed by atoms with Crippen LogP contribution in [0.5, 0.6) is 0 Å². The van der Waals surface area contributed by atoms with Crippen molar-refractivity contribution in [2.75, 3.05) is 32.8 Å². The van der Waals surface area contributed by atoms with Gasteiger partial charge in [0, 0.05) is 38.9 Å². The molecule has 0 aromatic heterocycles. The summed E-state index contributed by atoms with van der Waals surface area (Å²) in [5.41, 5.74) is 5.72. The van der Waals surface area contributed by atoms with E-state index in [0.29, 0.717) is 6.04 Å². The Balaban J connectivity index is 2.41. The van der Waals surface area contributed by atoms with Crippen LogP contribution in [0.15, 0.2) is 0 Å². The van der Waals surface area contributed by atoms with Crippen LogP contribution in [0, 0.1) is 5.92 Å². The normalized spacial score (nSPS) is 18.6. The zero-order valence-corrected chi connectivity index (χ0v) is 11.0. The maximum atomic E-state index is 5.72. The molecule has 0 aromatic carbocycles. The molecule has 1 heterocycles. The number of rotatable bonds is 7. The second-order valence-corrected chi connectivity index (χ2v) is 4.81. The first-order valence-electron chi connectivity index (χ1n) is 6.83. The number of hydrogen-bond acceptors (Lipinski definition) is 3. The minimum absolute atomic E-state index is 0.714. The van der Waals surface area contributed by atoms with Gasteiger partial charge in [-0.15, -0.1) is 0 Å². The van der Waals surface area contributed by atoms with Crippen molar-refractivity contribution in [3.8, 4) is 0 Å². The van der Waals surface area contributed by atoms with Crippen molar-refractivity contribution in [3.63, 3.8) is 0 Å². The Hall–Kier alpha value is -0.120. The minimum atomic E-state index is 0.714. The summed E-state index contributed by atoms with van der Waals surface area (Å²) in [6.45, 7) is 9.49. The highest BCUT2D eigenvalue weighted by Crippen LogP contribution is 2.19. The van der Waals surface area contributed by atoms with Gasteiger partial charge in [0.15, 0.2) is 0 Å². The predicted octanol–water partition coefficient (Wildman–Crippen LogP) is 1.86. The fraction of sp³-hybridized carbons (Fsp3) is 1.00.